The number of carbonyl (C=O) groups is 1. The van der Waals surface area contributed by atoms with Gasteiger partial charge in [-0.15, -0.1) is 0 Å². The maximum Gasteiger partial charge on any atom is 0.337 e. The molecule has 3 aromatic rings. The molecule has 0 spiro atoms. The number of anilines is 1. The van der Waals surface area contributed by atoms with Crippen molar-refractivity contribution in [3.63, 3.8) is 0 Å². The predicted molar refractivity (Wildman–Crippen MR) is 121 cm³/mol. The second-order valence-corrected chi connectivity index (χ2v) is 7.28. The van der Waals surface area contributed by atoms with Crippen LogP contribution >= 0.6 is 12.2 Å². The van der Waals surface area contributed by atoms with Gasteiger partial charge >= 0.3 is 5.97 Å². The molecular weight excluding hydrogens is 380 g/mol. The molecule has 0 heterocycles. The number of rotatable bonds is 5. The van der Waals surface area contributed by atoms with Crippen LogP contribution in [0.3, 0.4) is 0 Å². The number of aryl methyl sites for hydroxylation is 2. The number of carbonyl (C=O) groups excluding carboxylic acids is 1. The Kier molecular flexibility index (Phi) is 6.62. The van der Waals surface area contributed by atoms with E-state index in [0.29, 0.717) is 10.7 Å². The van der Waals surface area contributed by atoms with Crippen LogP contribution in [0.15, 0.2) is 72.8 Å². The summed E-state index contributed by atoms with van der Waals surface area (Å²) < 4.78 is 4.81. The summed E-state index contributed by atoms with van der Waals surface area (Å²) in [6.07, 6.45) is 0. The zero-order chi connectivity index (χ0) is 20.8. The van der Waals surface area contributed by atoms with Crippen molar-refractivity contribution in [2.45, 2.75) is 19.9 Å². The van der Waals surface area contributed by atoms with Crippen LogP contribution in [0.25, 0.3) is 0 Å². The maximum atomic E-state index is 11.8. The molecule has 0 amide bonds. The molecule has 3 rings (SSSR count). The first kappa shape index (κ1) is 20.6. The number of ether oxygens (including phenoxy) is 1. The zero-order valence-electron chi connectivity index (χ0n) is 16.7. The fourth-order valence-corrected chi connectivity index (χ4v) is 3.28. The molecule has 2 N–H and O–H groups in total. The number of benzene rings is 3. The molecule has 0 saturated carbocycles. The average molecular weight is 405 g/mol. The summed E-state index contributed by atoms with van der Waals surface area (Å²) in [6.45, 7) is 4.03. The SMILES string of the molecule is COC(=O)c1ccc(C)c(NC(=S)N[C@H](c2ccccc2)c2ccc(C)cc2)c1. The van der Waals surface area contributed by atoms with Crippen LogP contribution in [-0.4, -0.2) is 18.2 Å². The molecule has 4 nitrogen and oxygen atoms in total. The third kappa shape index (κ3) is 5.21. The second-order valence-electron chi connectivity index (χ2n) is 6.87. The number of hydrogen-bond acceptors (Lipinski definition) is 3. The Bertz CT molecular complexity index is 1000. The van der Waals surface area contributed by atoms with Gasteiger partial charge in [0.2, 0.25) is 0 Å². The normalized spacial score (nSPS) is 11.4. The summed E-state index contributed by atoms with van der Waals surface area (Å²) in [6, 6.07) is 23.8. The van der Waals surface area contributed by atoms with E-state index >= 15 is 0 Å². The largest absolute Gasteiger partial charge is 0.465 e. The highest BCUT2D eigenvalue weighted by atomic mass is 32.1. The fourth-order valence-electron chi connectivity index (χ4n) is 3.05. The number of esters is 1. The van der Waals surface area contributed by atoms with Crippen molar-refractivity contribution < 1.29 is 9.53 Å². The van der Waals surface area contributed by atoms with Gasteiger partial charge in [0.05, 0.1) is 18.7 Å². The standard InChI is InChI=1S/C24H24N2O2S/c1-16-9-12-19(13-10-16)22(18-7-5-4-6-8-18)26-24(29)25-21-15-20(23(27)28-3)14-11-17(21)2/h4-15,22H,1-3H3,(H2,25,26,29)/t22-/m1/s1. The smallest absolute Gasteiger partial charge is 0.337 e. The van der Waals surface area contributed by atoms with Crippen molar-refractivity contribution in [2.75, 3.05) is 12.4 Å². The van der Waals surface area contributed by atoms with Crippen LogP contribution in [0, 0.1) is 13.8 Å². The highest BCUT2D eigenvalue weighted by Gasteiger charge is 2.16. The highest BCUT2D eigenvalue weighted by Crippen LogP contribution is 2.23. The Morgan fingerprint density at radius 1 is 0.931 bits per heavy atom. The first-order valence-corrected chi connectivity index (χ1v) is 9.76. The number of hydrogen-bond donors (Lipinski definition) is 2. The Morgan fingerprint density at radius 2 is 1.59 bits per heavy atom. The molecule has 0 fully saturated rings. The lowest BCUT2D eigenvalue weighted by molar-refractivity contribution is 0.0601. The van der Waals surface area contributed by atoms with Gasteiger partial charge in [-0.05, 0) is 54.9 Å². The van der Waals surface area contributed by atoms with Crippen LogP contribution in [-0.2, 0) is 4.74 Å². The Balaban J connectivity index is 1.84. The minimum Gasteiger partial charge on any atom is -0.465 e. The minimum atomic E-state index is -0.381. The van der Waals surface area contributed by atoms with E-state index in [4.69, 9.17) is 17.0 Å². The molecule has 0 aliphatic rings. The van der Waals surface area contributed by atoms with Gasteiger partial charge in [-0.25, -0.2) is 4.79 Å². The lowest BCUT2D eigenvalue weighted by atomic mass is 9.98. The molecule has 0 radical (unpaired) electrons. The number of nitrogens with one attached hydrogen (secondary N) is 2. The number of methoxy groups -OCH3 is 1. The van der Waals surface area contributed by atoms with Crippen molar-refractivity contribution in [2.24, 2.45) is 0 Å². The number of thiocarbonyl (C=S) groups is 1. The summed E-state index contributed by atoms with van der Waals surface area (Å²) >= 11 is 5.60. The summed E-state index contributed by atoms with van der Waals surface area (Å²) in [5.74, 6) is -0.381. The van der Waals surface area contributed by atoms with Gasteiger partial charge < -0.3 is 15.4 Å². The van der Waals surface area contributed by atoms with Crippen molar-refractivity contribution in [1.82, 2.24) is 5.32 Å². The van der Waals surface area contributed by atoms with E-state index < -0.39 is 0 Å². The van der Waals surface area contributed by atoms with Crippen molar-refractivity contribution in [3.05, 3.63) is 101 Å². The van der Waals surface area contributed by atoms with Crippen LogP contribution in [0.1, 0.15) is 38.7 Å². The monoisotopic (exact) mass is 404 g/mol. The predicted octanol–water partition coefficient (Wildman–Crippen LogP) is 5.17. The zero-order valence-corrected chi connectivity index (χ0v) is 17.5. The van der Waals surface area contributed by atoms with E-state index in [0.717, 1.165) is 22.4 Å². The topological polar surface area (TPSA) is 50.4 Å². The second kappa shape index (κ2) is 9.34. The summed E-state index contributed by atoms with van der Waals surface area (Å²) in [7, 11) is 1.37. The molecule has 0 bridgehead atoms. The van der Waals surface area contributed by atoms with E-state index in [-0.39, 0.29) is 12.0 Å². The summed E-state index contributed by atoms with van der Waals surface area (Å²) in [4.78, 5) is 11.8. The molecule has 0 aromatic heterocycles. The van der Waals surface area contributed by atoms with E-state index in [2.05, 4.69) is 54.0 Å². The van der Waals surface area contributed by atoms with E-state index in [1.165, 1.54) is 12.7 Å². The third-order valence-electron chi connectivity index (χ3n) is 4.73. The summed E-state index contributed by atoms with van der Waals surface area (Å²) in [5.41, 5.74) is 5.65. The molecule has 1 atom stereocenters. The van der Waals surface area contributed by atoms with Crippen molar-refractivity contribution in [1.29, 1.82) is 0 Å². The molecule has 0 aliphatic carbocycles. The molecule has 29 heavy (non-hydrogen) atoms. The van der Waals surface area contributed by atoms with Gasteiger partial charge in [0.1, 0.15) is 0 Å². The van der Waals surface area contributed by atoms with E-state index in [9.17, 15) is 4.79 Å². The molecule has 0 unspecified atom stereocenters. The molecule has 0 saturated heterocycles. The van der Waals surface area contributed by atoms with Gasteiger partial charge in [-0.1, -0.05) is 66.2 Å². The van der Waals surface area contributed by atoms with Crippen LogP contribution in [0.5, 0.6) is 0 Å². The highest BCUT2D eigenvalue weighted by molar-refractivity contribution is 7.80. The van der Waals surface area contributed by atoms with Crippen molar-refractivity contribution in [3.8, 4) is 0 Å². The lowest BCUT2D eigenvalue weighted by Crippen LogP contribution is -2.33. The maximum absolute atomic E-state index is 11.8. The van der Waals surface area contributed by atoms with Gasteiger partial charge in [0, 0.05) is 5.69 Å². The molecule has 148 valence electrons. The Labute approximate surface area is 176 Å². The van der Waals surface area contributed by atoms with Crippen LogP contribution in [0.4, 0.5) is 5.69 Å². The average Bonchev–Trinajstić information content (AvgIpc) is 2.74. The Hall–Kier alpha value is -3.18. The molecular formula is C24H24N2O2S. The minimum absolute atomic E-state index is 0.0964. The van der Waals surface area contributed by atoms with Crippen LogP contribution in [0.2, 0.25) is 0 Å². The molecule has 0 aliphatic heterocycles. The van der Waals surface area contributed by atoms with Crippen LogP contribution < -0.4 is 10.6 Å². The van der Waals surface area contributed by atoms with Gasteiger partial charge in [0.15, 0.2) is 5.11 Å². The third-order valence-corrected chi connectivity index (χ3v) is 4.95. The lowest BCUT2D eigenvalue weighted by Gasteiger charge is -2.23. The first-order valence-electron chi connectivity index (χ1n) is 9.36. The van der Waals surface area contributed by atoms with Gasteiger partial charge in [-0.3, -0.25) is 0 Å². The van der Waals surface area contributed by atoms with Gasteiger partial charge in [-0.2, -0.15) is 0 Å². The van der Waals surface area contributed by atoms with E-state index in [1.807, 2.05) is 31.2 Å². The van der Waals surface area contributed by atoms with E-state index in [1.54, 1.807) is 12.1 Å². The van der Waals surface area contributed by atoms with Gasteiger partial charge in [0.25, 0.3) is 0 Å². The van der Waals surface area contributed by atoms with Crippen molar-refractivity contribution >= 4 is 29.0 Å². The molecule has 5 heteroatoms. The first-order chi connectivity index (χ1) is 14.0. The fraction of sp³-hybridized carbons (Fsp3) is 0.167. The molecule has 3 aromatic carbocycles. The Morgan fingerprint density at radius 3 is 2.24 bits per heavy atom. The summed E-state index contributed by atoms with van der Waals surface area (Å²) in [5, 5.41) is 7.11. The quantitative estimate of drug-likeness (QED) is 0.454.